The van der Waals surface area contributed by atoms with E-state index in [0.29, 0.717) is 5.56 Å². The van der Waals surface area contributed by atoms with Crippen molar-refractivity contribution < 1.29 is 13.5 Å². The van der Waals surface area contributed by atoms with Crippen LogP contribution in [0.15, 0.2) is 56.9 Å². The van der Waals surface area contributed by atoms with E-state index in [4.69, 9.17) is 0 Å². The van der Waals surface area contributed by atoms with Gasteiger partial charge in [0.05, 0.1) is 11.1 Å². The van der Waals surface area contributed by atoms with Gasteiger partial charge in [-0.25, -0.2) is 4.83 Å². The first-order valence-corrected chi connectivity index (χ1v) is 8.26. The van der Waals surface area contributed by atoms with E-state index in [1.54, 1.807) is 24.3 Å². The van der Waals surface area contributed by atoms with E-state index >= 15 is 0 Å². The number of nitrogens with zero attached hydrogens (tertiary/aromatic N) is 1. The van der Waals surface area contributed by atoms with Gasteiger partial charge >= 0.3 is 0 Å². The van der Waals surface area contributed by atoms with E-state index in [-0.39, 0.29) is 10.6 Å². The van der Waals surface area contributed by atoms with Crippen LogP contribution in [0.1, 0.15) is 11.1 Å². The summed E-state index contributed by atoms with van der Waals surface area (Å²) in [7, 11) is -3.72. The molecule has 7 heteroatoms. The van der Waals surface area contributed by atoms with E-state index in [9.17, 15) is 13.5 Å². The predicted molar refractivity (Wildman–Crippen MR) is 84.9 cm³/mol. The molecule has 0 saturated carbocycles. The maximum Gasteiger partial charge on any atom is 0.276 e. The summed E-state index contributed by atoms with van der Waals surface area (Å²) in [5, 5.41) is 13.3. The number of hydrogen-bond acceptors (Lipinski definition) is 4. The zero-order chi connectivity index (χ0) is 15.5. The third-order valence-corrected chi connectivity index (χ3v) is 4.45. The monoisotopic (exact) mass is 368 g/mol. The van der Waals surface area contributed by atoms with Gasteiger partial charge < -0.3 is 5.11 Å². The summed E-state index contributed by atoms with van der Waals surface area (Å²) in [4.78, 5) is 2.21. The van der Waals surface area contributed by atoms with E-state index in [1.807, 2.05) is 6.92 Å². The highest BCUT2D eigenvalue weighted by Crippen LogP contribution is 2.16. The second-order valence-corrected chi connectivity index (χ2v) is 6.95. The molecule has 0 aliphatic rings. The number of phenols is 1. The van der Waals surface area contributed by atoms with Crippen molar-refractivity contribution in [3.8, 4) is 5.75 Å². The molecular weight excluding hydrogens is 356 g/mol. The van der Waals surface area contributed by atoms with Gasteiger partial charge in [-0.1, -0.05) is 27.6 Å². The number of aryl methyl sites for hydroxylation is 1. The molecule has 0 unspecified atom stereocenters. The van der Waals surface area contributed by atoms with Gasteiger partial charge in [0.25, 0.3) is 10.0 Å². The average molecular weight is 369 g/mol. The van der Waals surface area contributed by atoms with Crippen molar-refractivity contribution >= 4 is 32.2 Å². The third kappa shape index (κ3) is 4.05. The first-order chi connectivity index (χ1) is 9.88. The Hall–Kier alpha value is -1.86. The molecule has 21 heavy (non-hydrogen) atoms. The number of halogens is 1. The minimum Gasteiger partial charge on any atom is -0.507 e. The molecule has 110 valence electrons. The Balaban J connectivity index is 2.16. The molecule has 0 aromatic heterocycles. The molecule has 2 aromatic carbocycles. The zero-order valence-electron chi connectivity index (χ0n) is 11.1. The van der Waals surface area contributed by atoms with Crippen molar-refractivity contribution in [2.45, 2.75) is 11.8 Å². The molecule has 0 heterocycles. The molecule has 0 fully saturated rings. The van der Waals surface area contributed by atoms with Gasteiger partial charge in [-0.3, -0.25) is 0 Å². The molecule has 0 aliphatic carbocycles. The van der Waals surface area contributed by atoms with Crippen LogP contribution in [0.25, 0.3) is 0 Å². The van der Waals surface area contributed by atoms with Crippen molar-refractivity contribution in [1.82, 2.24) is 4.83 Å². The average Bonchev–Trinajstić information content (AvgIpc) is 2.43. The molecule has 0 spiro atoms. The van der Waals surface area contributed by atoms with Crippen LogP contribution in [-0.4, -0.2) is 19.7 Å². The van der Waals surface area contributed by atoms with Crippen molar-refractivity contribution in [3.05, 3.63) is 58.1 Å². The van der Waals surface area contributed by atoms with Crippen LogP contribution < -0.4 is 4.83 Å². The van der Waals surface area contributed by atoms with Crippen LogP contribution in [0.2, 0.25) is 0 Å². The number of benzene rings is 2. The summed E-state index contributed by atoms with van der Waals surface area (Å²) >= 11 is 3.24. The predicted octanol–water partition coefficient (Wildman–Crippen LogP) is 2.78. The van der Waals surface area contributed by atoms with Gasteiger partial charge in [0.2, 0.25) is 0 Å². The highest BCUT2D eigenvalue weighted by Gasteiger charge is 2.12. The van der Waals surface area contributed by atoms with Crippen LogP contribution in [-0.2, 0) is 10.0 Å². The molecule has 2 rings (SSSR count). The lowest BCUT2D eigenvalue weighted by Gasteiger charge is -2.04. The minimum absolute atomic E-state index is 0.0344. The fraction of sp³-hybridized carbons (Fsp3) is 0.0714. The molecule has 0 amide bonds. The molecule has 5 nitrogen and oxygen atoms in total. The van der Waals surface area contributed by atoms with Gasteiger partial charge in [-0.15, -0.1) is 0 Å². The maximum absolute atomic E-state index is 12.0. The number of hydrogen-bond donors (Lipinski definition) is 2. The van der Waals surface area contributed by atoms with Crippen molar-refractivity contribution in [2.24, 2.45) is 5.10 Å². The summed E-state index contributed by atoms with van der Waals surface area (Å²) in [6.07, 6.45) is 1.26. The van der Waals surface area contributed by atoms with Crippen LogP contribution in [0.5, 0.6) is 5.75 Å². The smallest absolute Gasteiger partial charge is 0.276 e. The number of nitrogens with one attached hydrogen (secondary N) is 1. The number of rotatable bonds is 4. The van der Waals surface area contributed by atoms with Crippen molar-refractivity contribution in [3.63, 3.8) is 0 Å². The minimum atomic E-state index is -3.72. The summed E-state index contributed by atoms with van der Waals surface area (Å²) in [5.74, 6) is 0.0344. The second-order valence-electron chi connectivity index (χ2n) is 4.37. The number of sulfonamides is 1. The van der Waals surface area contributed by atoms with Gasteiger partial charge in [-0.2, -0.15) is 13.5 Å². The number of hydrazone groups is 1. The Kier molecular flexibility index (Phi) is 4.64. The lowest BCUT2D eigenvalue weighted by atomic mass is 10.1. The van der Waals surface area contributed by atoms with Gasteiger partial charge in [0.15, 0.2) is 0 Å². The molecule has 2 N–H and O–H groups in total. The van der Waals surface area contributed by atoms with E-state index < -0.39 is 10.0 Å². The molecule has 0 bridgehead atoms. The summed E-state index contributed by atoms with van der Waals surface area (Å²) in [6.45, 7) is 1.86. The lowest BCUT2D eigenvalue weighted by Crippen LogP contribution is -2.18. The number of phenolic OH excluding ortho intramolecular Hbond substituents is 1. The van der Waals surface area contributed by atoms with Crippen molar-refractivity contribution in [2.75, 3.05) is 0 Å². The Labute approximate surface area is 131 Å². The fourth-order valence-corrected chi connectivity index (χ4v) is 2.66. The zero-order valence-corrected chi connectivity index (χ0v) is 13.5. The fourth-order valence-electron chi connectivity index (χ4n) is 1.61. The first-order valence-electron chi connectivity index (χ1n) is 5.98. The molecule has 0 radical (unpaired) electrons. The Bertz CT molecular complexity index is 771. The molecule has 0 saturated heterocycles. The van der Waals surface area contributed by atoms with Gasteiger partial charge in [-0.05, 0) is 43.3 Å². The summed E-state index contributed by atoms with van der Waals surface area (Å²) < 4.78 is 24.8. The Morgan fingerprint density at radius 2 is 1.86 bits per heavy atom. The lowest BCUT2D eigenvalue weighted by molar-refractivity contribution is 0.474. The molecule has 0 atom stereocenters. The second kappa shape index (κ2) is 6.28. The topological polar surface area (TPSA) is 78.8 Å². The van der Waals surface area contributed by atoms with E-state index in [1.165, 1.54) is 24.4 Å². The highest BCUT2D eigenvalue weighted by atomic mass is 79.9. The Morgan fingerprint density at radius 3 is 2.52 bits per heavy atom. The van der Waals surface area contributed by atoms with Crippen molar-refractivity contribution in [1.29, 1.82) is 0 Å². The molecular formula is C14H13BrN2O3S. The molecule has 0 aliphatic heterocycles. The Morgan fingerprint density at radius 1 is 1.19 bits per heavy atom. The molecule has 2 aromatic rings. The van der Waals surface area contributed by atoms with Crippen LogP contribution >= 0.6 is 15.9 Å². The summed E-state index contributed by atoms with van der Waals surface area (Å²) in [5.41, 5.74) is 1.37. The quantitative estimate of drug-likeness (QED) is 0.643. The van der Waals surface area contributed by atoms with Crippen LogP contribution in [0.3, 0.4) is 0 Å². The standard InChI is InChI=1S/C14H13BrN2O3S/c1-10-2-7-14(18)11(8-10)9-16-17-21(19,20)13-5-3-12(15)4-6-13/h2-9,17-18H,1H3/b16-9+. The highest BCUT2D eigenvalue weighted by molar-refractivity contribution is 9.10. The largest absolute Gasteiger partial charge is 0.507 e. The maximum atomic E-state index is 12.0. The van der Waals surface area contributed by atoms with E-state index in [0.717, 1.165) is 10.0 Å². The van der Waals surface area contributed by atoms with Crippen LogP contribution in [0, 0.1) is 6.92 Å². The van der Waals surface area contributed by atoms with E-state index in [2.05, 4.69) is 25.9 Å². The number of aromatic hydroxyl groups is 1. The normalized spacial score (nSPS) is 11.7. The van der Waals surface area contributed by atoms with Crippen LogP contribution in [0.4, 0.5) is 0 Å². The third-order valence-electron chi connectivity index (χ3n) is 2.68. The van der Waals surface area contributed by atoms with Gasteiger partial charge in [0.1, 0.15) is 5.75 Å². The summed E-state index contributed by atoms with van der Waals surface area (Å²) in [6, 6.07) is 11.2. The SMILES string of the molecule is Cc1ccc(O)c(/C=N/NS(=O)(=O)c2ccc(Br)cc2)c1. The van der Waals surface area contributed by atoms with Gasteiger partial charge in [0, 0.05) is 10.0 Å². The first kappa shape index (κ1) is 15.5.